The van der Waals surface area contributed by atoms with Crippen LogP contribution in [0, 0.1) is 11.8 Å². The van der Waals surface area contributed by atoms with Gasteiger partial charge in [-0.15, -0.1) is 0 Å². The van der Waals surface area contributed by atoms with E-state index in [1.54, 1.807) is 14.2 Å². The van der Waals surface area contributed by atoms with Gasteiger partial charge >= 0.3 is 6.18 Å². The summed E-state index contributed by atoms with van der Waals surface area (Å²) in [5.41, 5.74) is 0.137. The minimum Gasteiger partial charge on any atom is -0.491 e. The molecular formula is C24H32F3N3O5. The number of ether oxygens (including phenoxy) is 2. The van der Waals surface area contributed by atoms with Crippen LogP contribution in [0.5, 0.6) is 5.75 Å². The number of carbonyl (C=O) groups is 3. The highest BCUT2D eigenvalue weighted by Gasteiger charge is 2.37. The Morgan fingerprint density at radius 1 is 1.20 bits per heavy atom. The lowest BCUT2D eigenvalue weighted by molar-refractivity contribution is -0.150. The van der Waals surface area contributed by atoms with Crippen LogP contribution in [0.1, 0.15) is 43.5 Å². The fraction of sp³-hybridized carbons (Fsp3) is 0.625. The number of hydrogen-bond donors (Lipinski definition) is 1. The molecule has 194 valence electrons. The van der Waals surface area contributed by atoms with Crippen LogP contribution in [-0.4, -0.2) is 79.7 Å². The molecule has 0 bridgehead atoms. The molecule has 1 aromatic rings. The highest BCUT2D eigenvalue weighted by Crippen LogP contribution is 2.33. The quantitative estimate of drug-likeness (QED) is 0.687. The molecule has 1 fully saturated rings. The molecule has 8 nitrogen and oxygen atoms in total. The number of benzene rings is 1. The number of nitrogens with one attached hydrogen (secondary N) is 1. The van der Waals surface area contributed by atoms with Gasteiger partial charge in [-0.1, -0.05) is 6.92 Å². The van der Waals surface area contributed by atoms with Crippen LogP contribution in [0.15, 0.2) is 18.2 Å². The predicted octanol–water partition coefficient (Wildman–Crippen LogP) is 3.32. The summed E-state index contributed by atoms with van der Waals surface area (Å²) < 4.78 is 49.2. The van der Waals surface area contributed by atoms with E-state index in [4.69, 9.17) is 9.47 Å². The fourth-order valence-electron chi connectivity index (χ4n) is 4.11. The molecule has 35 heavy (non-hydrogen) atoms. The third kappa shape index (κ3) is 7.09. The van der Waals surface area contributed by atoms with Crippen molar-refractivity contribution >= 4 is 23.4 Å². The lowest BCUT2D eigenvalue weighted by Crippen LogP contribution is -2.49. The van der Waals surface area contributed by atoms with Gasteiger partial charge in [-0.2, -0.15) is 13.2 Å². The highest BCUT2D eigenvalue weighted by atomic mass is 19.4. The molecule has 3 rings (SSSR count). The summed E-state index contributed by atoms with van der Waals surface area (Å²) in [7, 11) is 3.13. The summed E-state index contributed by atoms with van der Waals surface area (Å²) in [6.07, 6.45) is -4.90. The SMILES string of the molecule is CO[C@@H]1CN(C)C(=O)c2cc(NC(=O)CC(F)(F)F)ccc2OC[C@H](C)N(C(=O)C2CC2)C[C@H]1C. The Bertz CT molecular complexity index is 951. The van der Waals surface area contributed by atoms with E-state index in [-0.39, 0.29) is 60.0 Å². The van der Waals surface area contributed by atoms with Gasteiger partial charge in [0.2, 0.25) is 11.8 Å². The zero-order valence-corrected chi connectivity index (χ0v) is 20.4. The normalized spacial score (nSPS) is 24.1. The number of halogens is 3. The van der Waals surface area contributed by atoms with Gasteiger partial charge in [-0.05, 0) is 38.0 Å². The molecule has 0 saturated heterocycles. The molecule has 0 unspecified atom stereocenters. The molecule has 3 amide bonds. The number of amides is 3. The van der Waals surface area contributed by atoms with Crippen molar-refractivity contribution in [3.63, 3.8) is 0 Å². The zero-order chi connectivity index (χ0) is 25.9. The van der Waals surface area contributed by atoms with Crippen LogP contribution < -0.4 is 10.1 Å². The minimum atomic E-state index is -4.65. The molecule has 0 spiro atoms. The number of rotatable bonds is 4. The third-order valence-electron chi connectivity index (χ3n) is 6.30. The monoisotopic (exact) mass is 499 g/mol. The lowest BCUT2D eigenvalue weighted by Gasteiger charge is -2.36. The number of likely N-dealkylation sites (N-methyl/N-ethyl adjacent to an activating group) is 1. The first-order valence-electron chi connectivity index (χ1n) is 11.6. The second kappa shape index (κ2) is 10.8. The second-order valence-corrected chi connectivity index (χ2v) is 9.41. The summed E-state index contributed by atoms with van der Waals surface area (Å²) in [6, 6.07) is 3.84. The van der Waals surface area contributed by atoms with Crippen molar-refractivity contribution in [2.75, 3.05) is 39.2 Å². The van der Waals surface area contributed by atoms with Gasteiger partial charge in [0.25, 0.3) is 5.91 Å². The summed E-state index contributed by atoms with van der Waals surface area (Å²) >= 11 is 0. The maximum Gasteiger partial charge on any atom is 0.397 e. The van der Waals surface area contributed by atoms with E-state index < -0.39 is 24.4 Å². The van der Waals surface area contributed by atoms with Gasteiger partial charge in [0.15, 0.2) is 0 Å². The minimum absolute atomic E-state index is 0.0259. The smallest absolute Gasteiger partial charge is 0.397 e. The van der Waals surface area contributed by atoms with Gasteiger partial charge in [0.1, 0.15) is 18.8 Å². The van der Waals surface area contributed by atoms with E-state index in [2.05, 4.69) is 5.32 Å². The van der Waals surface area contributed by atoms with Gasteiger partial charge in [-0.25, -0.2) is 0 Å². The van der Waals surface area contributed by atoms with Crippen LogP contribution in [0.2, 0.25) is 0 Å². The molecule has 2 aliphatic rings. The Morgan fingerprint density at radius 2 is 1.89 bits per heavy atom. The number of fused-ring (bicyclic) bond motifs is 1. The Kier molecular flexibility index (Phi) is 8.30. The van der Waals surface area contributed by atoms with E-state index >= 15 is 0 Å². The topological polar surface area (TPSA) is 88.2 Å². The summed E-state index contributed by atoms with van der Waals surface area (Å²) in [5, 5.41) is 2.18. The second-order valence-electron chi connectivity index (χ2n) is 9.41. The number of carbonyl (C=O) groups excluding carboxylic acids is 3. The van der Waals surface area contributed by atoms with Crippen molar-refractivity contribution in [1.29, 1.82) is 0 Å². The van der Waals surface area contributed by atoms with Crippen LogP contribution in [0.25, 0.3) is 0 Å². The number of hydrogen-bond acceptors (Lipinski definition) is 5. The van der Waals surface area contributed by atoms with Gasteiger partial charge in [-0.3, -0.25) is 14.4 Å². The van der Waals surface area contributed by atoms with Crippen LogP contribution in [-0.2, 0) is 14.3 Å². The molecule has 1 saturated carbocycles. The maximum absolute atomic E-state index is 13.3. The Morgan fingerprint density at radius 3 is 2.49 bits per heavy atom. The molecule has 1 N–H and O–H groups in total. The predicted molar refractivity (Wildman–Crippen MR) is 122 cm³/mol. The Labute approximate surface area is 202 Å². The van der Waals surface area contributed by atoms with E-state index in [1.807, 2.05) is 18.7 Å². The first kappa shape index (κ1) is 26.8. The third-order valence-corrected chi connectivity index (χ3v) is 6.30. The molecule has 0 aromatic heterocycles. The maximum atomic E-state index is 13.3. The fourth-order valence-corrected chi connectivity index (χ4v) is 4.11. The van der Waals surface area contributed by atoms with Gasteiger partial charge < -0.3 is 24.6 Å². The number of alkyl halides is 3. The molecule has 1 heterocycles. The van der Waals surface area contributed by atoms with Crippen molar-refractivity contribution in [3.8, 4) is 5.75 Å². The van der Waals surface area contributed by atoms with Gasteiger partial charge in [0.05, 0.1) is 17.7 Å². The average molecular weight is 500 g/mol. The van der Waals surface area contributed by atoms with Crippen molar-refractivity contribution in [2.45, 2.75) is 51.4 Å². The first-order valence-corrected chi connectivity index (χ1v) is 11.6. The molecule has 1 aliphatic carbocycles. The van der Waals surface area contributed by atoms with Crippen molar-refractivity contribution in [2.24, 2.45) is 11.8 Å². The average Bonchev–Trinajstić information content (AvgIpc) is 3.62. The molecule has 3 atom stereocenters. The zero-order valence-electron chi connectivity index (χ0n) is 20.4. The Balaban J connectivity index is 1.91. The first-order chi connectivity index (χ1) is 16.4. The molecular weight excluding hydrogens is 467 g/mol. The van der Waals surface area contributed by atoms with Crippen molar-refractivity contribution in [3.05, 3.63) is 23.8 Å². The van der Waals surface area contributed by atoms with Crippen LogP contribution in [0.4, 0.5) is 18.9 Å². The van der Waals surface area contributed by atoms with Crippen LogP contribution >= 0.6 is 0 Å². The van der Waals surface area contributed by atoms with E-state index in [0.29, 0.717) is 6.54 Å². The van der Waals surface area contributed by atoms with E-state index in [9.17, 15) is 27.6 Å². The van der Waals surface area contributed by atoms with E-state index in [0.717, 1.165) is 12.8 Å². The molecule has 0 radical (unpaired) electrons. The molecule has 1 aromatic carbocycles. The van der Waals surface area contributed by atoms with Gasteiger partial charge in [0, 0.05) is 44.8 Å². The largest absolute Gasteiger partial charge is 0.491 e. The van der Waals surface area contributed by atoms with Crippen LogP contribution in [0.3, 0.4) is 0 Å². The number of nitrogens with zero attached hydrogens (tertiary/aromatic N) is 2. The number of anilines is 1. The lowest BCUT2D eigenvalue weighted by atomic mass is 10.0. The summed E-state index contributed by atoms with van der Waals surface area (Å²) in [6.45, 7) is 4.63. The molecule has 1 aliphatic heterocycles. The van der Waals surface area contributed by atoms with Crippen molar-refractivity contribution in [1.82, 2.24) is 9.80 Å². The van der Waals surface area contributed by atoms with Crippen molar-refractivity contribution < 1.29 is 37.0 Å². The molecule has 11 heteroatoms. The highest BCUT2D eigenvalue weighted by molar-refractivity contribution is 5.99. The Hall–Kier alpha value is -2.82. The van der Waals surface area contributed by atoms with E-state index in [1.165, 1.54) is 23.1 Å². The number of methoxy groups -OCH3 is 1. The standard InChI is InChI=1S/C24H32F3N3O5/c1-14-11-30(22(32)16-5-6-16)15(2)13-35-19-8-7-17(28-21(31)10-24(25,26)27)9-18(19)23(33)29(3)12-20(14)34-4/h7-9,14-16,20H,5-6,10-13H2,1-4H3,(H,28,31)/t14-,15+,20-/m1/s1. The summed E-state index contributed by atoms with van der Waals surface area (Å²) in [4.78, 5) is 41.3. The summed E-state index contributed by atoms with van der Waals surface area (Å²) in [5.74, 6) is -1.43.